The molecule has 29 heavy (non-hydrogen) atoms. The van der Waals surface area contributed by atoms with Crippen LogP contribution in [-0.4, -0.2) is 44.7 Å². The highest BCUT2D eigenvalue weighted by Crippen LogP contribution is 2.32. The van der Waals surface area contributed by atoms with E-state index in [1.165, 1.54) is 0 Å². The highest BCUT2D eigenvalue weighted by atomic mass is 16.2. The first-order valence-corrected chi connectivity index (χ1v) is 10.5. The molecule has 2 aliphatic rings. The maximum atomic E-state index is 13.3. The normalized spacial score (nSPS) is 20.1. The fourth-order valence-corrected chi connectivity index (χ4v) is 4.36. The predicted octanol–water partition coefficient (Wildman–Crippen LogP) is 3.24. The van der Waals surface area contributed by atoms with Crippen molar-refractivity contribution in [3.8, 4) is 0 Å². The Morgan fingerprint density at radius 3 is 2.69 bits per heavy atom. The first-order chi connectivity index (χ1) is 14.0. The number of aromatic nitrogens is 2. The molecular weight excluding hydrogens is 364 g/mol. The average Bonchev–Trinajstić information content (AvgIpc) is 2.78. The lowest BCUT2D eigenvalue weighted by atomic mass is 9.95. The summed E-state index contributed by atoms with van der Waals surface area (Å²) in [6.07, 6.45) is 5.58. The lowest BCUT2D eigenvalue weighted by Gasteiger charge is -2.37. The zero-order valence-corrected chi connectivity index (χ0v) is 17.2. The number of rotatable bonds is 3. The van der Waals surface area contributed by atoms with E-state index < -0.39 is 0 Å². The Bertz CT molecular complexity index is 899. The van der Waals surface area contributed by atoms with Gasteiger partial charge in [0.05, 0.1) is 17.7 Å². The summed E-state index contributed by atoms with van der Waals surface area (Å²) in [5.74, 6) is 0.788. The van der Waals surface area contributed by atoms with Crippen LogP contribution in [0.4, 0.5) is 0 Å². The summed E-state index contributed by atoms with van der Waals surface area (Å²) in [6.45, 7) is 5.59. The monoisotopic (exact) mass is 392 g/mol. The zero-order valence-electron chi connectivity index (χ0n) is 17.2. The Hall–Kier alpha value is -2.76. The molecule has 6 heteroatoms. The van der Waals surface area contributed by atoms with Crippen molar-refractivity contribution >= 4 is 11.8 Å². The van der Waals surface area contributed by atoms with Gasteiger partial charge in [0.1, 0.15) is 0 Å². The van der Waals surface area contributed by atoms with Gasteiger partial charge >= 0.3 is 0 Å². The number of fused-ring (bicyclic) bond motifs is 1. The Balaban J connectivity index is 1.56. The third kappa shape index (κ3) is 4.02. The van der Waals surface area contributed by atoms with E-state index in [1.807, 2.05) is 53.3 Å². The van der Waals surface area contributed by atoms with Gasteiger partial charge in [-0.3, -0.25) is 9.59 Å². The number of hydrogen-bond donors (Lipinski definition) is 0. The van der Waals surface area contributed by atoms with Crippen LogP contribution in [0.2, 0.25) is 0 Å². The van der Waals surface area contributed by atoms with Crippen molar-refractivity contribution in [2.45, 2.75) is 58.0 Å². The number of carbonyl (C=O) groups is 2. The summed E-state index contributed by atoms with van der Waals surface area (Å²) in [5, 5.41) is 0. The number of piperidine rings is 1. The van der Waals surface area contributed by atoms with Crippen LogP contribution in [0, 0.1) is 0 Å². The second-order valence-electron chi connectivity index (χ2n) is 8.07. The van der Waals surface area contributed by atoms with Gasteiger partial charge in [-0.15, -0.1) is 0 Å². The smallest absolute Gasteiger partial charge is 0.230 e. The molecule has 0 unspecified atom stereocenters. The number of benzene rings is 1. The zero-order chi connectivity index (χ0) is 20.4. The summed E-state index contributed by atoms with van der Waals surface area (Å²) in [6, 6.07) is 9.88. The maximum absolute atomic E-state index is 13.3. The Morgan fingerprint density at radius 2 is 1.93 bits per heavy atom. The van der Waals surface area contributed by atoms with Crippen LogP contribution in [0.1, 0.15) is 67.7 Å². The van der Waals surface area contributed by atoms with Crippen LogP contribution in [0.5, 0.6) is 0 Å². The molecule has 3 heterocycles. The molecule has 2 amide bonds. The third-order valence-electron chi connectivity index (χ3n) is 6.15. The van der Waals surface area contributed by atoms with Gasteiger partial charge in [-0.1, -0.05) is 30.3 Å². The van der Waals surface area contributed by atoms with E-state index in [2.05, 4.69) is 4.98 Å². The number of amides is 2. The summed E-state index contributed by atoms with van der Waals surface area (Å²) < 4.78 is 0. The van der Waals surface area contributed by atoms with Gasteiger partial charge in [0.15, 0.2) is 5.82 Å². The van der Waals surface area contributed by atoms with E-state index in [9.17, 15) is 9.59 Å². The van der Waals surface area contributed by atoms with E-state index >= 15 is 0 Å². The van der Waals surface area contributed by atoms with Gasteiger partial charge in [0.2, 0.25) is 11.8 Å². The molecule has 1 aromatic heterocycles. The average molecular weight is 393 g/mol. The van der Waals surface area contributed by atoms with Crippen molar-refractivity contribution in [3.63, 3.8) is 0 Å². The quantitative estimate of drug-likeness (QED) is 0.804. The molecule has 1 saturated heterocycles. The van der Waals surface area contributed by atoms with Gasteiger partial charge in [0, 0.05) is 44.7 Å². The molecule has 0 bridgehead atoms. The van der Waals surface area contributed by atoms with Gasteiger partial charge in [-0.25, -0.2) is 9.97 Å². The van der Waals surface area contributed by atoms with Crippen molar-refractivity contribution in [2.24, 2.45) is 0 Å². The number of likely N-dealkylation sites (tertiary alicyclic amines) is 1. The van der Waals surface area contributed by atoms with Crippen LogP contribution in [0.3, 0.4) is 0 Å². The molecule has 6 nitrogen and oxygen atoms in total. The minimum atomic E-state index is -0.182. The molecule has 0 aliphatic carbocycles. The molecule has 0 spiro atoms. The molecular formula is C23H28N4O2. The SMILES string of the molecule is CC(=O)N1CCc2nc([C@@H]3CCCCN3C(=O)[C@H](C)c3ccccc3)ncc2C1. The minimum Gasteiger partial charge on any atom is -0.338 e. The van der Waals surface area contributed by atoms with Crippen LogP contribution in [-0.2, 0) is 22.6 Å². The molecule has 0 radical (unpaired) electrons. The number of hydrogen-bond acceptors (Lipinski definition) is 4. The Labute approximate surface area is 172 Å². The van der Waals surface area contributed by atoms with Crippen LogP contribution in [0.25, 0.3) is 0 Å². The third-order valence-corrected chi connectivity index (χ3v) is 6.15. The first kappa shape index (κ1) is 19.6. The Morgan fingerprint density at radius 1 is 1.14 bits per heavy atom. The van der Waals surface area contributed by atoms with Crippen molar-refractivity contribution in [1.29, 1.82) is 0 Å². The maximum Gasteiger partial charge on any atom is 0.230 e. The van der Waals surface area contributed by atoms with Crippen molar-refractivity contribution in [2.75, 3.05) is 13.1 Å². The molecule has 2 aromatic rings. The molecule has 1 aromatic carbocycles. The molecule has 2 aliphatic heterocycles. The molecule has 0 saturated carbocycles. The standard InChI is InChI=1S/C23H28N4O2/c1-16(18-8-4-3-5-9-18)23(29)27-12-7-6-10-21(27)22-24-14-19-15-26(17(2)28)13-11-20(19)25-22/h3-5,8-9,14,16,21H,6-7,10-13,15H2,1-2H3/t16-,21+/m1/s1. The van der Waals surface area contributed by atoms with Gasteiger partial charge in [-0.2, -0.15) is 0 Å². The predicted molar refractivity (Wildman–Crippen MR) is 110 cm³/mol. The fraction of sp³-hybridized carbons (Fsp3) is 0.478. The van der Waals surface area contributed by atoms with Crippen LogP contribution >= 0.6 is 0 Å². The van der Waals surface area contributed by atoms with E-state index in [0.29, 0.717) is 13.1 Å². The van der Waals surface area contributed by atoms with Gasteiger partial charge in [0.25, 0.3) is 0 Å². The first-order valence-electron chi connectivity index (χ1n) is 10.5. The second-order valence-corrected chi connectivity index (χ2v) is 8.07. The van der Waals surface area contributed by atoms with E-state index in [-0.39, 0.29) is 23.8 Å². The summed E-state index contributed by atoms with van der Waals surface area (Å²) in [5.41, 5.74) is 3.07. The lowest BCUT2D eigenvalue weighted by Crippen LogP contribution is -2.41. The topological polar surface area (TPSA) is 66.4 Å². The second kappa shape index (κ2) is 8.31. The minimum absolute atomic E-state index is 0.0708. The number of carbonyl (C=O) groups excluding carboxylic acids is 2. The fourth-order valence-electron chi connectivity index (χ4n) is 4.36. The highest BCUT2D eigenvalue weighted by Gasteiger charge is 2.33. The summed E-state index contributed by atoms with van der Waals surface area (Å²) in [4.78, 5) is 38.3. The summed E-state index contributed by atoms with van der Waals surface area (Å²) in [7, 11) is 0. The van der Waals surface area contributed by atoms with Crippen LogP contribution < -0.4 is 0 Å². The molecule has 2 atom stereocenters. The van der Waals surface area contributed by atoms with Gasteiger partial charge < -0.3 is 9.80 Å². The lowest BCUT2D eigenvalue weighted by molar-refractivity contribution is -0.136. The summed E-state index contributed by atoms with van der Waals surface area (Å²) >= 11 is 0. The molecule has 0 N–H and O–H groups in total. The highest BCUT2D eigenvalue weighted by molar-refractivity contribution is 5.83. The van der Waals surface area contributed by atoms with Crippen LogP contribution in [0.15, 0.2) is 36.5 Å². The van der Waals surface area contributed by atoms with Gasteiger partial charge in [-0.05, 0) is 31.7 Å². The van der Waals surface area contributed by atoms with E-state index in [4.69, 9.17) is 4.98 Å². The van der Waals surface area contributed by atoms with E-state index in [0.717, 1.165) is 54.9 Å². The molecule has 4 rings (SSSR count). The Kier molecular flexibility index (Phi) is 5.60. The van der Waals surface area contributed by atoms with Crippen molar-refractivity contribution < 1.29 is 9.59 Å². The molecule has 1 fully saturated rings. The van der Waals surface area contributed by atoms with E-state index in [1.54, 1.807) is 6.92 Å². The number of nitrogens with zero attached hydrogens (tertiary/aromatic N) is 4. The van der Waals surface area contributed by atoms with Crippen molar-refractivity contribution in [3.05, 3.63) is 59.2 Å². The van der Waals surface area contributed by atoms with Crippen molar-refractivity contribution in [1.82, 2.24) is 19.8 Å². The largest absolute Gasteiger partial charge is 0.338 e. The molecule has 152 valence electrons.